The van der Waals surface area contributed by atoms with Gasteiger partial charge in [0.1, 0.15) is 23.0 Å². The molecular formula is C48H52N10O9S2. The number of carbonyl (C=O) groups is 2. The number of aliphatic carboxylic acids is 1. The van der Waals surface area contributed by atoms with E-state index in [-0.39, 0.29) is 53.6 Å². The lowest BCUT2D eigenvalue weighted by atomic mass is 9.87. The van der Waals surface area contributed by atoms with Crippen molar-refractivity contribution in [3.63, 3.8) is 0 Å². The van der Waals surface area contributed by atoms with Gasteiger partial charge in [-0.15, -0.1) is 0 Å². The van der Waals surface area contributed by atoms with Crippen molar-refractivity contribution < 1.29 is 41.0 Å². The number of nitrogens with zero attached hydrogens (tertiary/aromatic N) is 8. The summed E-state index contributed by atoms with van der Waals surface area (Å²) in [6, 6.07) is 18.1. The third kappa shape index (κ3) is 12.0. The third-order valence-electron chi connectivity index (χ3n) is 11.2. The van der Waals surface area contributed by atoms with E-state index in [0.717, 1.165) is 11.1 Å². The maximum atomic E-state index is 13.0. The first-order chi connectivity index (χ1) is 32.3. The summed E-state index contributed by atoms with van der Waals surface area (Å²) in [5, 5.41) is 42.1. The van der Waals surface area contributed by atoms with Gasteiger partial charge in [-0.1, -0.05) is 27.7 Å². The Morgan fingerprint density at radius 1 is 0.942 bits per heavy atom. The van der Waals surface area contributed by atoms with Crippen LogP contribution in [-0.2, 0) is 53.6 Å². The molecule has 21 heteroatoms. The minimum absolute atomic E-state index is 0.00914. The summed E-state index contributed by atoms with van der Waals surface area (Å²) >= 11 is 0. The SMILES string of the molecule is CC(C)c1cc(C#N)cc(-c2ccnc(OCC(C)(C)n3cc(S(N)(=O)=O)cn3)c2)c1CC(=O)O.CC(C)c1cc(C#N)cc2c1CC(=O)NS(=O)(=O)c1cnn(c1)C(C)(C)COc1cc-2ccn1. The van der Waals surface area contributed by atoms with Gasteiger partial charge in [0.15, 0.2) is 0 Å². The molecule has 2 aromatic carbocycles. The van der Waals surface area contributed by atoms with Crippen LogP contribution in [0.25, 0.3) is 22.3 Å². The average Bonchev–Trinajstić information content (AvgIpc) is 4.01. The molecule has 0 saturated heterocycles. The molecule has 69 heavy (non-hydrogen) atoms. The Bertz CT molecular complexity index is 3250. The largest absolute Gasteiger partial charge is 0.481 e. The van der Waals surface area contributed by atoms with Crippen molar-refractivity contribution in [1.29, 1.82) is 10.5 Å². The van der Waals surface area contributed by atoms with Crippen LogP contribution in [0.2, 0.25) is 0 Å². The lowest BCUT2D eigenvalue weighted by molar-refractivity contribution is -0.136. The molecular weight excluding hydrogens is 925 g/mol. The molecule has 1 amide bonds. The molecule has 0 unspecified atom stereocenters. The molecule has 4 bridgehead atoms. The number of sulfonamides is 2. The van der Waals surface area contributed by atoms with Crippen LogP contribution >= 0.6 is 0 Å². The number of nitrogens with one attached hydrogen (secondary N) is 1. The van der Waals surface area contributed by atoms with Gasteiger partial charge in [0.2, 0.25) is 27.7 Å². The van der Waals surface area contributed by atoms with E-state index < -0.39 is 43.0 Å². The van der Waals surface area contributed by atoms with Crippen molar-refractivity contribution in [2.45, 2.75) is 101 Å². The maximum Gasteiger partial charge on any atom is 0.307 e. The number of fused-ring (bicyclic) bond motifs is 6. The smallest absolute Gasteiger partial charge is 0.307 e. The summed E-state index contributed by atoms with van der Waals surface area (Å²) in [6.45, 7) is 15.4. The molecule has 7 rings (SSSR count). The Balaban J connectivity index is 0.000000227. The number of carboxylic acids is 1. The molecule has 0 saturated carbocycles. The minimum atomic E-state index is -4.13. The number of pyridine rings is 2. The zero-order chi connectivity index (χ0) is 50.6. The predicted molar refractivity (Wildman–Crippen MR) is 253 cm³/mol. The molecule has 0 aliphatic carbocycles. The number of aromatic nitrogens is 6. The quantitative estimate of drug-likeness (QED) is 0.139. The van der Waals surface area contributed by atoms with Gasteiger partial charge >= 0.3 is 5.97 Å². The predicted octanol–water partition coefficient (Wildman–Crippen LogP) is 6.14. The van der Waals surface area contributed by atoms with Gasteiger partial charge in [-0.2, -0.15) is 20.7 Å². The van der Waals surface area contributed by atoms with Gasteiger partial charge in [0.05, 0.1) is 59.6 Å². The van der Waals surface area contributed by atoms with Crippen LogP contribution in [0.4, 0.5) is 0 Å². The maximum absolute atomic E-state index is 13.0. The number of rotatable bonds is 10. The van der Waals surface area contributed by atoms with Gasteiger partial charge < -0.3 is 14.6 Å². The van der Waals surface area contributed by atoms with Gasteiger partial charge in [-0.25, -0.2) is 36.7 Å². The van der Waals surface area contributed by atoms with Crippen LogP contribution in [0.3, 0.4) is 0 Å². The molecule has 5 heterocycles. The van der Waals surface area contributed by atoms with E-state index in [9.17, 15) is 42.1 Å². The highest BCUT2D eigenvalue weighted by atomic mass is 32.2. The fraction of sp³-hybridized carbons (Fsp3) is 0.333. The number of nitriles is 2. The number of benzene rings is 2. The van der Waals surface area contributed by atoms with Gasteiger partial charge in [0, 0.05) is 36.9 Å². The van der Waals surface area contributed by atoms with Crippen molar-refractivity contribution >= 4 is 31.9 Å². The number of ether oxygens (including phenoxy) is 2. The Hall–Kier alpha value is -7.46. The second-order valence-electron chi connectivity index (χ2n) is 18.2. The molecule has 0 atom stereocenters. The number of amides is 1. The van der Waals surface area contributed by atoms with Crippen molar-refractivity contribution in [1.82, 2.24) is 34.3 Å². The fourth-order valence-corrected chi connectivity index (χ4v) is 8.88. The van der Waals surface area contributed by atoms with E-state index in [0.29, 0.717) is 50.4 Å². The second-order valence-corrected chi connectivity index (χ2v) is 21.5. The number of nitrogens with two attached hydrogens (primary N) is 1. The molecule has 0 fully saturated rings. The second kappa shape index (κ2) is 20.0. The molecule has 360 valence electrons. The van der Waals surface area contributed by atoms with Crippen molar-refractivity contribution in [2.24, 2.45) is 5.14 Å². The Labute approximate surface area is 400 Å². The van der Waals surface area contributed by atoms with Crippen molar-refractivity contribution in [2.75, 3.05) is 13.2 Å². The topological polar surface area (TPSA) is 288 Å². The van der Waals surface area contributed by atoms with Crippen molar-refractivity contribution in [3.05, 3.63) is 119 Å². The molecule has 19 nitrogen and oxygen atoms in total. The number of hydrogen-bond acceptors (Lipinski definition) is 14. The van der Waals surface area contributed by atoms with Crippen LogP contribution in [-0.4, -0.2) is 76.6 Å². The summed E-state index contributed by atoms with van der Waals surface area (Å²) < 4.78 is 65.9. The summed E-state index contributed by atoms with van der Waals surface area (Å²) in [7, 11) is -8.00. The van der Waals surface area contributed by atoms with E-state index in [2.05, 4.69) is 37.0 Å². The Morgan fingerprint density at radius 3 is 2.17 bits per heavy atom. The molecule has 4 aromatic heterocycles. The molecule has 6 aromatic rings. The van der Waals surface area contributed by atoms with Crippen LogP contribution in [0.15, 0.2) is 95.5 Å². The van der Waals surface area contributed by atoms with Gasteiger partial charge in [0.25, 0.3) is 10.0 Å². The number of carbonyl (C=O) groups excluding carboxylic acids is 1. The van der Waals surface area contributed by atoms with Crippen molar-refractivity contribution in [3.8, 4) is 46.2 Å². The number of primary sulfonamides is 1. The van der Waals surface area contributed by atoms with Gasteiger partial charge in [-0.3, -0.25) is 19.0 Å². The monoisotopic (exact) mass is 976 g/mol. The lowest BCUT2D eigenvalue weighted by Crippen LogP contribution is -2.34. The van der Waals surface area contributed by atoms with E-state index in [1.54, 1.807) is 60.9 Å². The first-order valence-corrected chi connectivity index (χ1v) is 24.6. The van der Waals surface area contributed by atoms with Crippen LogP contribution in [0.5, 0.6) is 11.8 Å². The van der Waals surface area contributed by atoms with Crippen LogP contribution < -0.4 is 19.3 Å². The minimum Gasteiger partial charge on any atom is -0.481 e. The standard InChI is InChI=1S/C24H27N5O5S.C24H25N5O4S/c1-15(2)19-7-16(11-25)8-20(21(19)10-23(30)31)17-5-6-27-22(9-17)34-14-24(3,4)29-13-18(12-28-29)35(26,32)33;1-15(2)19-7-16(11-25)8-20-17-5-6-26-23(9-17)33-14-24(3,4)29-13-18(12-27-29)34(31,32)28-22(30)10-21(19)20/h5-9,12-13,15H,10,14H2,1-4H3,(H,30,31)(H2,26,32,33);5-9,12-13,15H,10,14H2,1-4H3,(H,28,30). The molecule has 0 radical (unpaired) electrons. The molecule has 1 aliphatic heterocycles. The lowest BCUT2D eigenvalue weighted by Gasteiger charge is -2.25. The first kappa shape index (κ1) is 50.9. The van der Waals surface area contributed by atoms with Crippen LogP contribution in [0.1, 0.15) is 101 Å². The highest BCUT2D eigenvalue weighted by Crippen LogP contribution is 2.36. The Kier molecular flexibility index (Phi) is 14.8. The summed E-state index contributed by atoms with van der Waals surface area (Å²) in [5.74, 6) is -0.992. The number of hydrogen-bond donors (Lipinski definition) is 3. The molecule has 4 N–H and O–H groups in total. The first-order valence-electron chi connectivity index (χ1n) is 21.5. The van der Waals surface area contributed by atoms with E-state index in [1.165, 1.54) is 34.2 Å². The van der Waals surface area contributed by atoms with Gasteiger partial charge in [-0.05, 0) is 120 Å². The summed E-state index contributed by atoms with van der Waals surface area (Å²) in [5.41, 5.74) is 4.97. The highest BCUT2D eigenvalue weighted by Gasteiger charge is 2.29. The van der Waals surface area contributed by atoms with E-state index >= 15 is 0 Å². The van der Waals surface area contributed by atoms with Crippen LogP contribution in [0, 0.1) is 22.7 Å². The molecule has 1 aliphatic rings. The fourth-order valence-electron chi connectivity index (χ4n) is 7.52. The highest BCUT2D eigenvalue weighted by molar-refractivity contribution is 7.90. The van der Waals surface area contributed by atoms with E-state index in [4.69, 9.17) is 14.6 Å². The summed E-state index contributed by atoms with van der Waals surface area (Å²) in [4.78, 5) is 32.9. The average molecular weight is 977 g/mol. The normalized spacial score (nSPS) is 14.4. The van der Waals surface area contributed by atoms with E-state index in [1.807, 2.05) is 55.4 Å². The zero-order valence-electron chi connectivity index (χ0n) is 39.3. The zero-order valence-corrected chi connectivity index (χ0v) is 40.9. The molecule has 0 spiro atoms. The Morgan fingerprint density at radius 2 is 1.57 bits per heavy atom. The third-order valence-corrected chi connectivity index (χ3v) is 13.4. The summed E-state index contributed by atoms with van der Waals surface area (Å²) in [6.07, 6.45) is 7.85. The number of carboxylic acid groups (broad SMARTS) is 1.